The van der Waals surface area contributed by atoms with Crippen LogP contribution in [-0.2, 0) is 6.42 Å². The van der Waals surface area contributed by atoms with Crippen molar-refractivity contribution in [3.63, 3.8) is 0 Å². The van der Waals surface area contributed by atoms with E-state index in [-0.39, 0.29) is 11.7 Å². The minimum Gasteiger partial charge on any atom is -0.350 e. The third kappa shape index (κ3) is 3.35. The van der Waals surface area contributed by atoms with Gasteiger partial charge in [-0.15, -0.1) is 0 Å². The van der Waals surface area contributed by atoms with Crippen LogP contribution in [-0.4, -0.2) is 21.8 Å². The predicted octanol–water partition coefficient (Wildman–Crippen LogP) is 3.41. The Kier molecular flexibility index (Phi) is 4.30. The molecule has 1 aromatic carbocycles. The van der Waals surface area contributed by atoms with Crippen molar-refractivity contribution >= 4 is 23.2 Å². The fourth-order valence-electron chi connectivity index (χ4n) is 2.47. The number of imidazole rings is 1. The highest BCUT2D eigenvalue weighted by atomic mass is 35.5. The first-order valence-corrected chi connectivity index (χ1v) is 7.59. The number of hydrogen-bond donors (Lipinski definition) is 1. The van der Waals surface area contributed by atoms with Crippen molar-refractivity contribution < 1.29 is 9.18 Å². The fourth-order valence-corrected chi connectivity index (χ4v) is 2.63. The highest BCUT2D eigenvalue weighted by Gasteiger charge is 2.16. The number of aryl methyl sites for hydroxylation is 1. The van der Waals surface area contributed by atoms with Crippen LogP contribution in [0.5, 0.6) is 0 Å². The fraction of sp³-hybridized carbons (Fsp3) is 0.176. The number of rotatable bonds is 4. The third-order valence-corrected chi connectivity index (χ3v) is 3.81. The molecule has 0 spiro atoms. The number of halogens is 2. The maximum atomic E-state index is 12.9. The molecule has 0 saturated carbocycles. The van der Waals surface area contributed by atoms with E-state index in [9.17, 15) is 9.18 Å². The van der Waals surface area contributed by atoms with Gasteiger partial charge >= 0.3 is 0 Å². The number of fused-ring (bicyclic) bond motifs is 1. The Labute approximate surface area is 137 Å². The van der Waals surface area contributed by atoms with Crippen molar-refractivity contribution in [3.8, 4) is 0 Å². The number of pyridine rings is 1. The maximum Gasteiger partial charge on any atom is 0.270 e. The number of benzene rings is 1. The van der Waals surface area contributed by atoms with Gasteiger partial charge < -0.3 is 5.32 Å². The van der Waals surface area contributed by atoms with Crippen molar-refractivity contribution in [3.05, 3.63) is 70.4 Å². The van der Waals surface area contributed by atoms with E-state index in [4.69, 9.17) is 11.6 Å². The molecule has 0 radical (unpaired) electrons. The van der Waals surface area contributed by atoms with Crippen LogP contribution in [0.15, 0.2) is 42.6 Å². The van der Waals surface area contributed by atoms with Crippen molar-refractivity contribution in [2.24, 2.45) is 0 Å². The first kappa shape index (κ1) is 15.5. The van der Waals surface area contributed by atoms with Crippen molar-refractivity contribution in [1.82, 2.24) is 14.7 Å². The number of carbonyl (C=O) groups is 1. The second-order valence-electron chi connectivity index (χ2n) is 5.25. The summed E-state index contributed by atoms with van der Waals surface area (Å²) < 4.78 is 14.5. The smallest absolute Gasteiger partial charge is 0.270 e. The number of nitrogens with one attached hydrogen (secondary N) is 1. The monoisotopic (exact) mass is 331 g/mol. The van der Waals surface area contributed by atoms with E-state index in [2.05, 4.69) is 10.3 Å². The largest absolute Gasteiger partial charge is 0.350 e. The molecule has 0 unspecified atom stereocenters. The lowest BCUT2D eigenvalue weighted by molar-refractivity contribution is 0.0947. The van der Waals surface area contributed by atoms with E-state index in [0.29, 0.717) is 35.0 Å². The normalized spacial score (nSPS) is 10.9. The second kappa shape index (κ2) is 6.38. The zero-order valence-corrected chi connectivity index (χ0v) is 13.3. The molecule has 118 valence electrons. The average Bonchev–Trinajstić information content (AvgIpc) is 2.84. The molecular formula is C17H15ClFN3O. The van der Waals surface area contributed by atoms with Crippen LogP contribution < -0.4 is 5.32 Å². The van der Waals surface area contributed by atoms with E-state index in [1.807, 2.05) is 0 Å². The summed E-state index contributed by atoms with van der Waals surface area (Å²) in [4.78, 5) is 16.8. The molecule has 0 bridgehead atoms. The lowest BCUT2D eigenvalue weighted by atomic mass is 10.1. The van der Waals surface area contributed by atoms with Crippen LogP contribution in [0.25, 0.3) is 5.65 Å². The molecule has 4 nitrogen and oxygen atoms in total. The molecule has 0 aliphatic rings. The quantitative estimate of drug-likeness (QED) is 0.796. The second-order valence-corrected chi connectivity index (χ2v) is 5.69. The van der Waals surface area contributed by atoms with Gasteiger partial charge in [-0.3, -0.25) is 9.20 Å². The Morgan fingerprint density at radius 1 is 1.26 bits per heavy atom. The summed E-state index contributed by atoms with van der Waals surface area (Å²) >= 11 is 5.99. The predicted molar refractivity (Wildman–Crippen MR) is 87.4 cm³/mol. The Bertz CT molecular complexity index is 858. The average molecular weight is 332 g/mol. The van der Waals surface area contributed by atoms with Gasteiger partial charge in [-0.2, -0.15) is 0 Å². The Morgan fingerprint density at radius 3 is 2.74 bits per heavy atom. The van der Waals surface area contributed by atoms with Crippen LogP contribution in [0.1, 0.15) is 21.7 Å². The van der Waals surface area contributed by atoms with Crippen LogP contribution >= 0.6 is 11.6 Å². The summed E-state index contributed by atoms with van der Waals surface area (Å²) in [6, 6.07) is 9.74. The van der Waals surface area contributed by atoms with Gasteiger partial charge in [-0.1, -0.05) is 23.7 Å². The van der Waals surface area contributed by atoms with E-state index in [1.54, 1.807) is 41.8 Å². The molecule has 23 heavy (non-hydrogen) atoms. The Hall–Kier alpha value is -2.40. The molecule has 6 heteroatoms. The number of carbonyl (C=O) groups excluding carboxylic acids is 1. The topological polar surface area (TPSA) is 46.4 Å². The van der Waals surface area contributed by atoms with Crippen molar-refractivity contribution in [2.45, 2.75) is 13.3 Å². The SMILES string of the molecule is Cc1nc2ccc(Cl)cn2c1C(=O)NCCc1ccc(F)cc1. The molecule has 0 fully saturated rings. The highest BCUT2D eigenvalue weighted by molar-refractivity contribution is 6.30. The Balaban J connectivity index is 1.72. The van der Waals surface area contributed by atoms with Crippen LogP contribution in [0.3, 0.4) is 0 Å². The number of aromatic nitrogens is 2. The molecule has 1 amide bonds. The van der Waals surface area contributed by atoms with Gasteiger partial charge in [0, 0.05) is 12.7 Å². The van der Waals surface area contributed by atoms with Gasteiger partial charge in [-0.05, 0) is 43.2 Å². The summed E-state index contributed by atoms with van der Waals surface area (Å²) in [5, 5.41) is 3.40. The van der Waals surface area contributed by atoms with Gasteiger partial charge in [0.05, 0.1) is 10.7 Å². The molecule has 3 rings (SSSR count). The summed E-state index contributed by atoms with van der Waals surface area (Å²) in [6.45, 7) is 2.24. The van der Waals surface area contributed by atoms with Crippen molar-refractivity contribution in [1.29, 1.82) is 0 Å². The molecule has 1 N–H and O–H groups in total. The van der Waals surface area contributed by atoms with Crippen LogP contribution in [0, 0.1) is 12.7 Å². The minimum atomic E-state index is -0.268. The minimum absolute atomic E-state index is 0.209. The summed E-state index contributed by atoms with van der Waals surface area (Å²) in [6.07, 6.45) is 2.30. The van der Waals surface area contributed by atoms with Crippen molar-refractivity contribution in [2.75, 3.05) is 6.54 Å². The zero-order chi connectivity index (χ0) is 16.4. The first-order valence-electron chi connectivity index (χ1n) is 7.21. The van der Waals surface area contributed by atoms with E-state index in [1.165, 1.54) is 12.1 Å². The summed E-state index contributed by atoms with van der Waals surface area (Å²) in [5.41, 5.74) is 2.76. The van der Waals surface area contributed by atoms with E-state index in [0.717, 1.165) is 5.56 Å². The molecule has 3 aromatic rings. The lowest BCUT2D eigenvalue weighted by Gasteiger charge is -2.06. The van der Waals surface area contributed by atoms with Gasteiger partial charge in [0.15, 0.2) is 0 Å². The number of hydrogen-bond acceptors (Lipinski definition) is 2. The first-order chi connectivity index (χ1) is 11.0. The van der Waals surface area contributed by atoms with Crippen LogP contribution in [0.2, 0.25) is 5.02 Å². The zero-order valence-electron chi connectivity index (χ0n) is 12.5. The summed E-state index contributed by atoms with van der Waals surface area (Å²) in [7, 11) is 0. The summed E-state index contributed by atoms with van der Waals surface area (Å²) in [5.74, 6) is -0.476. The third-order valence-electron chi connectivity index (χ3n) is 3.58. The van der Waals surface area contributed by atoms with Gasteiger partial charge in [-0.25, -0.2) is 9.37 Å². The van der Waals surface area contributed by atoms with Gasteiger partial charge in [0.25, 0.3) is 5.91 Å². The van der Waals surface area contributed by atoms with Crippen LogP contribution in [0.4, 0.5) is 4.39 Å². The molecule has 2 aromatic heterocycles. The molecule has 0 saturated heterocycles. The number of nitrogens with zero attached hydrogens (tertiary/aromatic N) is 2. The van der Waals surface area contributed by atoms with Gasteiger partial charge in [0.1, 0.15) is 17.2 Å². The number of amides is 1. The lowest BCUT2D eigenvalue weighted by Crippen LogP contribution is -2.27. The Morgan fingerprint density at radius 2 is 2.00 bits per heavy atom. The molecule has 2 heterocycles. The highest BCUT2D eigenvalue weighted by Crippen LogP contribution is 2.16. The van der Waals surface area contributed by atoms with E-state index < -0.39 is 0 Å². The maximum absolute atomic E-state index is 12.9. The molecule has 0 atom stereocenters. The van der Waals surface area contributed by atoms with E-state index >= 15 is 0 Å². The molecular weight excluding hydrogens is 317 g/mol. The standard InChI is InChI=1S/C17H15ClFN3O/c1-11-16(22-10-13(18)4-7-15(22)21-11)17(23)20-9-8-12-2-5-14(19)6-3-12/h2-7,10H,8-9H2,1H3,(H,20,23). The molecule has 0 aliphatic carbocycles. The molecule has 0 aliphatic heterocycles. The van der Waals surface area contributed by atoms with Gasteiger partial charge in [0.2, 0.25) is 0 Å².